The molecule has 0 saturated heterocycles. The van der Waals surface area contributed by atoms with E-state index in [0.717, 1.165) is 4.68 Å². The van der Waals surface area contributed by atoms with Crippen LogP contribution in [0.25, 0.3) is 11.2 Å². The van der Waals surface area contributed by atoms with Gasteiger partial charge < -0.3 is 11.6 Å². The zero-order valence-corrected chi connectivity index (χ0v) is 6.51. The molecule has 0 aliphatic carbocycles. The molecule has 0 atom stereocenters. The highest BCUT2D eigenvalue weighted by atomic mass is 16.1. The Morgan fingerprint density at radius 2 is 2.00 bits per heavy atom. The van der Waals surface area contributed by atoms with Crippen LogP contribution < -0.4 is 17.1 Å². The minimum Gasteiger partial charge on any atom is -0.368 e. The molecule has 0 aromatic carbocycles. The number of aromatic nitrogens is 4. The van der Waals surface area contributed by atoms with Gasteiger partial charge in [0.15, 0.2) is 11.2 Å². The summed E-state index contributed by atoms with van der Waals surface area (Å²) >= 11 is 0. The van der Waals surface area contributed by atoms with Gasteiger partial charge in [0.1, 0.15) is 0 Å². The van der Waals surface area contributed by atoms with Crippen LogP contribution in [0.1, 0.15) is 0 Å². The molecular weight excluding hydrogens is 172 g/mol. The predicted molar refractivity (Wildman–Crippen MR) is 46.2 cm³/mol. The topological polar surface area (TPSA) is 113 Å². The lowest BCUT2D eigenvalue weighted by Crippen LogP contribution is -2.24. The molecule has 4 N–H and O–H groups in total. The van der Waals surface area contributed by atoms with Crippen LogP contribution in [0, 0.1) is 0 Å². The van der Waals surface area contributed by atoms with Gasteiger partial charge in [-0.1, -0.05) is 0 Å². The Morgan fingerprint density at radius 1 is 1.31 bits per heavy atom. The summed E-state index contributed by atoms with van der Waals surface area (Å²) in [5, 5.41) is 0. The number of hydrogen-bond acceptors (Lipinski definition) is 6. The molecule has 0 aliphatic heterocycles. The molecule has 0 unspecified atom stereocenters. The van der Waals surface area contributed by atoms with Crippen LogP contribution in [0.5, 0.6) is 0 Å². The summed E-state index contributed by atoms with van der Waals surface area (Å²) in [6.07, 6.45) is 2.81. The summed E-state index contributed by atoms with van der Waals surface area (Å²) in [5.41, 5.74) is 5.15. The van der Waals surface area contributed by atoms with Crippen molar-refractivity contribution in [2.24, 2.45) is 0 Å². The molecule has 0 aliphatic rings. The number of rotatable bonds is 0. The van der Waals surface area contributed by atoms with Gasteiger partial charge in [-0.05, 0) is 0 Å². The fraction of sp³-hybridized carbons (Fsp3) is 0. The van der Waals surface area contributed by atoms with Crippen LogP contribution >= 0.6 is 0 Å². The van der Waals surface area contributed by atoms with Crippen LogP contribution in [-0.4, -0.2) is 19.6 Å². The Morgan fingerprint density at radius 3 is 2.77 bits per heavy atom. The van der Waals surface area contributed by atoms with E-state index in [1.807, 2.05) is 0 Å². The molecular formula is C6H6N6O. The monoisotopic (exact) mass is 178 g/mol. The quantitative estimate of drug-likeness (QED) is 0.474. The summed E-state index contributed by atoms with van der Waals surface area (Å²) in [6.45, 7) is 0. The third-order valence-corrected chi connectivity index (χ3v) is 1.57. The van der Waals surface area contributed by atoms with Crippen molar-refractivity contribution in [3.63, 3.8) is 0 Å². The van der Waals surface area contributed by atoms with E-state index in [4.69, 9.17) is 11.6 Å². The van der Waals surface area contributed by atoms with Crippen molar-refractivity contribution in [2.45, 2.75) is 0 Å². The summed E-state index contributed by atoms with van der Waals surface area (Å²) in [7, 11) is 0. The van der Waals surface area contributed by atoms with Gasteiger partial charge in [0.05, 0.1) is 0 Å². The number of hydrogen-bond donors (Lipinski definition) is 2. The molecule has 2 heterocycles. The predicted octanol–water partition coefficient (Wildman–Crippen LogP) is -1.52. The van der Waals surface area contributed by atoms with Crippen molar-refractivity contribution >= 4 is 17.1 Å². The molecule has 66 valence electrons. The first-order valence-electron chi connectivity index (χ1n) is 3.44. The van der Waals surface area contributed by atoms with Gasteiger partial charge >= 0.3 is 5.56 Å². The van der Waals surface area contributed by atoms with Crippen LogP contribution in [0.15, 0.2) is 17.2 Å². The lowest BCUT2D eigenvalue weighted by atomic mass is 10.5. The zero-order chi connectivity index (χ0) is 9.42. The first kappa shape index (κ1) is 7.47. The van der Waals surface area contributed by atoms with Crippen molar-refractivity contribution in [2.75, 3.05) is 11.6 Å². The Kier molecular flexibility index (Phi) is 1.38. The highest BCUT2D eigenvalue weighted by molar-refractivity contribution is 5.69. The highest BCUT2D eigenvalue weighted by Crippen LogP contribution is 2.01. The average molecular weight is 178 g/mol. The van der Waals surface area contributed by atoms with Crippen molar-refractivity contribution in [1.82, 2.24) is 19.6 Å². The minimum absolute atomic E-state index is 0.0852. The Bertz CT molecular complexity index is 518. The van der Waals surface area contributed by atoms with Crippen LogP contribution in [-0.2, 0) is 0 Å². The van der Waals surface area contributed by atoms with E-state index in [9.17, 15) is 4.79 Å². The Hall–Kier alpha value is -2.18. The molecule has 7 nitrogen and oxygen atoms in total. The molecule has 0 amide bonds. The molecule has 7 heteroatoms. The third-order valence-electron chi connectivity index (χ3n) is 1.57. The van der Waals surface area contributed by atoms with Crippen LogP contribution in [0.2, 0.25) is 0 Å². The lowest BCUT2D eigenvalue weighted by molar-refractivity contribution is 0.960. The van der Waals surface area contributed by atoms with Crippen LogP contribution in [0.3, 0.4) is 0 Å². The fourth-order valence-electron chi connectivity index (χ4n) is 0.977. The average Bonchev–Trinajstić information content (AvgIpc) is 2.15. The normalized spacial score (nSPS) is 10.5. The maximum absolute atomic E-state index is 11.2. The maximum Gasteiger partial charge on any atom is 0.302 e. The number of nitrogens with two attached hydrogens (primary N) is 2. The Balaban J connectivity index is 3.06. The van der Waals surface area contributed by atoms with Gasteiger partial charge in [-0.25, -0.2) is 14.6 Å². The number of nitrogen functional groups attached to an aromatic ring is 2. The van der Waals surface area contributed by atoms with Gasteiger partial charge in [-0.3, -0.25) is 4.79 Å². The number of anilines is 1. The van der Waals surface area contributed by atoms with E-state index in [1.54, 1.807) is 0 Å². The van der Waals surface area contributed by atoms with E-state index in [2.05, 4.69) is 15.0 Å². The van der Waals surface area contributed by atoms with E-state index < -0.39 is 5.56 Å². The van der Waals surface area contributed by atoms with E-state index in [-0.39, 0.29) is 17.1 Å². The van der Waals surface area contributed by atoms with Gasteiger partial charge in [-0.2, -0.15) is 4.98 Å². The van der Waals surface area contributed by atoms with Gasteiger partial charge in [0, 0.05) is 12.4 Å². The summed E-state index contributed by atoms with van der Waals surface area (Å²) in [6, 6.07) is 0. The van der Waals surface area contributed by atoms with E-state index >= 15 is 0 Å². The molecule has 2 aromatic rings. The van der Waals surface area contributed by atoms with Gasteiger partial charge in [-0.15, -0.1) is 0 Å². The van der Waals surface area contributed by atoms with Gasteiger partial charge in [0.25, 0.3) is 0 Å². The first-order chi connectivity index (χ1) is 6.20. The van der Waals surface area contributed by atoms with Crippen molar-refractivity contribution in [3.8, 4) is 0 Å². The molecule has 0 radical (unpaired) electrons. The molecule has 2 aromatic heterocycles. The van der Waals surface area contributed by atoms with E-state index in [0.29, 0.717) is 0 Å². The SMILES string of the molecule is Nc1nc(=O)c2nccnc2n1N. The molecule has 0 saturated carbocycles. The smallest absolute Gasteiger partial charge is 0.302 e. The second kappa shape index (κ2) is 2.41. The van der Waals surface area contributed by atoms with Crippen molar-refractivity contribution in [3.05, 3.63) is 22.7 Å². The summed E-state index contributed by atoms with van der Waals surface area (Å²) in [5.74, 6) is 5.39. The molecule has 13 heavy (non-hydrogen) atoms. The highest BCUT2D eigenvalue weighted by Gasteiger charge is 2.06. The first-order valence-corrected chi connectivity index (χ1v) is 3.44. The second-order valence-corrected chi connectivity index (χ2v) is 2.37. The van der Waals surface area contributed by atoms with Gasteiger partial charge in [0.2, 0.25) is 5.95 Å². The molecule has 0 fully saturated rings. The second-order valence-electron chi connectivity index (χ2n) is 2.37. The number of fused-ring (bicyclic) bond motifs is 1. The van der Waals surface area contributed by atoms with Crippen LogP contribution in [0.4, 0.5) is 5.95 Å². The maximum atomic E-state index is 11.2. The van der Waals surface area contributed by atoms with E-state index in [1.165, 1.54) is 12.4 Å². The van der Waals surface area contributed by atoms with Crippen molar-refractivity contribution in [1.29, 1.82) is 0 Å². The van der Waals surface area contributed by atoms with Crippen molar-refractivity contribution < 1.29 is 0 Å². The minimum atomic E-state index is -0.526. The molecule has 0 spiro atoms. The molecule has 0 bridgehead atoms. The summed E-state index contributed by atoms with van der Waals surface area (Å²) in [4.78, 5) is 22.3. The number of nitrogens with zero attached hydrogens (tertiary/aromatic N) is 4. The lowest BCUT2D eigenvalue weighted by Gasteiger charge is -2.03. The fourth-order valence-corrected chi connectivity index (χ4v) is 0.977. The Labute approximate surface area is 72.0 Å². The third kappa shape index (κ3) is 0.975. The zero-order valence-electron chi connectivity index (χ0n) is 6.51. The molecule has 2 rings (SSSR count). The largest absolute Gasteiger partial charge is 0.368 e. The standard InChI is InChI=1S/C6H6N6O/c7-6-11-5(13)3-4(12(6)8)10-2-1-9-3/h1-2H,8H2,(H2,7,11,13). The summed E-state index contributed by atoms with van der Waals surface area (Å²) < 4.78 is 1.02.